The summed E-state index contributed by atoms with van der Waals surface area (Å²) in [4.78, 5) is 80.4. The van der Waals surface area contributed by atoms with E-state index in [9.17, 15) is 49.3 Å². The van der Waals surface area contributed by atoms with Crippen molar-refractivity contribution < 1.29 is 82.3 Å². The Morgan fingerprint density at radius 3 is 1.63 bits per heavy atom. The quantitative estimate of drug-likeness (QED) is 0.0103. The minimum absolute atomic E-state index is 0. The van der Waals surface area contributed by atoms with Gasteiger partial charge in [-0.2, -0.15) is 0 Å². The molecule has 25 nitrogen and oxygen atoms in total. The van der Waals surface area contributed by atoms with E-state index in [1.54, 1.807) is 19.5 Å². The highest BCUT2D eigenvalue weighted by atomic mass is 35.5. The van der Waals surface area contributed by atoms with Crippen LogP contribution in [-0.2, 0) is 39.7 Å². The zero-order valence-electron chi connectivity index (χ0n) is 38.9. The average Bonchev–Trinajstić information content (AvgIpc) is 3.97. The fourth-order valence-electron chi connectivity index (χ4n) is 5.61. The SMILES string of the molecule is C.COCCO.COCCOC(=O)NC(Cc1c[nH]c2ccccc12)C(=O)O.COCCOC(=O)Oc1ccc([N+](=O)[O-])cc1.NC(CC(=O)O)c1c[nH]c2ccccc12.O=C(Cl)Oc1ccc([N+](=O)[O-])cc1. The van der Waals surface area contributed by atoms with Gasteiger partial charge in [-0.3, -0.25) is 25.0 Å². The number of fused-ring (bicyclic) bond motifs is 2. The van der Waals surface area contributed by atoms with Crippen molar-refractivity contribution in [3.63, 3.8) is 0 Å². The number of halogens is 1. The molecule has 8 N–H and O–H groups in total. The summed E-state index contributed by atoms with van der Waals surface area (Å²) in [5, 5.41) is 50.7. The summed E-state index contributed by atoms with van der Waals surface area (Å²) in [6.07, 6.45) is 1.98. The molecule has 6 rings (SSSR count). The number of rotatable bonds is 19. The number of hydrogen-bond donors (Lipinski definition) is 7. The van der Waals surface area contributed by atoms with Crippen LogP contribution in [0.2, 0.25) is 0 Å². The molecule has 2 aromatic heterocycles. The van der Waals surface area contributed by atoms with Gasteiger partial charge in [0.15, 0.2) is 0 Å². The van der Waals surface area contributed by atoms with Gasteiger partial charge < -0.3 is 69.5 Å². The summed E-state index contributed by atoms with van der Waals surface area (Å²) in [7, 11) is 4.51. The predicted molar refractivity (Wildman–Crippen MR) is 265 cm³/mol. The van der Waals surface area contributed by atoms with E-state index in [4.69, 9.17) is 41.8 Å². The van der Waals surface area contributed by atoms with Crippen LogP contribution >= 0.6 is 11.6 Å². The molecule has 0 bridgehead atoms. The lowest BCUT2D eigenvalue weighted by atomic mass is 10.0. The molecular weight excluding hydrogens is 988 g/mol. The first-order chi connectivity index (χ1) is 34.4. The zero-order chi connectivity index (χ0) is 53.4. The van der Waals surface area contributed by atoms with Crippen LogP contribution in [0.1, 0.15) is 31.0 Å². The number of aliphatic carboxylic acids is 2. The van der Waals surface area contributed by atoms with Crippen molar-refractivity contribution in [1.82, 2.24) is 15.3 Å². The van der Waals surface area contributed by atoms with Crippen molar-refractivity contribution in [1.29, 1.82) is 0 Å². The van der Waals surface area contributed by atoms with E-state index in [1.807, 2.05) is 48.5 Å². The molecule has 2 unspecified atom stereocenters. The normalized spacial score (nSPS) is 10.8. The molecule has 6 aromatic rings. The van der Waals surface area contributed by atoms with Crippen LogP contribution < -0.4 is 20.5 Å². The number of nitrogens with two attached hydrogens (primary N) is 1. The minimum Gasteiger partial charge on any atom is -0.481 e. The molecule has 0 aliphatic carbocycles. The summed E-state index contributed by atoms with van der Waals surface area (Å²) >= 11 is 4.92. The number of amides is 1. The maximum atomic E-state index is 11.6. The number of nitro benzene ring substituents is 2. The Hall–Kier alpha value is -8.20. The second-order valence-electron chi connectivity index (χ2n) is 14.0. The van der Waals surface area contributed by atoms with Crippen LogP contribution in [0.15, 0.2) is 109 Å². The monoisotopic (exact) mass is 1040 g/mol. The Morgan fingerprint density at radius 1 is 0.685 bits per heavy atom. The highest BCUT2D eigenvalue weighted by Crippen LogP contribution is 2.25. The Kier molecular flexibility index (Phi) is 30.1. The lowest BCUT2D eigenvalue weighted by molar-refractivity contribution is -0.385. The number of alkyl carbamates (subject to hydrolysis) is 1. The van der Waals surface area contributed by atoms with E-state index in [0.717, 1.165) is 32.9 Å². The molecule has 1 amide bonds. The number of H-pyrrole nitrogens is 2. The maximum Gasteiger partial charge on any atom is 0.513 e. The molecule has 396 valence electrons. The number of aliphatic hydroxyl groups excluding tert-OH is 1. The molecule has 0 saturated carbocycles. The van der Waals surface area contributed by atoms with Crippen molar-refractivity contribution in [2.75, 3.05) is 61.0 Å². The topological polar surface area (TPSA) is 367 Å². The Bertz CT molecular complexity index is 2620. The highest BCUT2D eigenvalue weighted by molar-refractivity contribution is 6.61. The highest BCUT2D eigenvalue weighted by Gasteiger charge is 2.22. The standard InChI is InChI=1S/C15H18N2O5.C11H12N2O2.C10H11NO6.C7H4ClNO4.C3H8O2.CH4/c1-21-6-7-22-15(20)17-13(14(18)19)8-10-9-16-12-5-3-2-4-11(10)12;12-9(5-11(14)15)8-6-13-10-4-2-1-3-7(8)10;1-15-6-7-16-10(12)17-9-4-2-8(3-5-9)11(13)14;8-7(10)13-6-3-1-5(2-4-6)9(11)12;1-5-3-2-4;/h2-5,9,13,16H,6-8H2,1H3,(H,17,20)(H,18,19);1-4,6,9,13H,5,12H2,(H,14,15);2-5H,6-7H2,1H3;1-4H;4H,2-3H2,1H3;1H4. The summed E-state index contributed by atoms with van der Waals surface area (Å²) in [6.45, 7) is 1.25. The third-order valence-corrected chi connectivity index (χ3v) is 9.00. The summed E-state index contributed by atoms with van der Waals surface area (Å²) in [5.41, 5.74) is 8.25. The number of methoxy groups -OCH3 is 3. The van der Waals surface area contributed by atoms with Gasteiger partial charge in [0.05, 0.1) is 42.7 Å². The number of carbonyl (C=O) groups excluding carboxylic acids is 3. The van der Waals surface area contributed by atoms with Crippen LogP contribution in [0.25, 0.3) is 21.8 Å². The number of carboxylic acid groups (broad SMARTS) is 2. The van der Waals surface area contributed by atoms with E-state index in [2.05, 4.69) is 34.2 Å². The Labute approximate surface area is 422 Å². The molecule has 2 atom stereocenters. The predicted octanol–water partition coefficient (Wildman–Crippen LogP) is 7.53. The van der Waals surface area contributed by atoms with Crippen LogP contribution in [0.4, 0.5) is 25.8 Å². The molecule has 2 heterocycles. The summed E-state index contributed by atoms with van der Waals surface area (Å²) < 4.78 is 32.5. The van der Waals surface area contributed by atoms with Crippen molar-refractivity contribution in [2.45, 2.75) is 32.4 Å². The van der Waals surface area contributed by atoms with Gasteiger partial charge in [0.25, 0.3) is 11.4 Å². The number of nitrogens with zero attached hydrogens (tertiary/aromatic N) is 2. The number of aromatic nitrogens is 2. The number of ether oxygens (including phenoxy) is 7. The largest absolute Gasteiger partial charge is 0.513 e. The van der Waals surface area contributed by atoms with E-state index >= 15 is 0 Å². The molecule has 0 radical (unpaired) electrons. The second kappa shape index (κ2) is 35.0. The van der Waals surface area contributed by atoms with Gasteiger partial charge in [-0.1, -0.05) is 43.8 Å². The van der Waals surface area contributed by atoms with Crippen LogP contribution in [-0.4, -0.2) is 132 Å². The lowest BCUT2D eigenvalue weighted by Crippen LogP contribution is -2.42. The fourth-order valence-corrected chi connectivity index (χ4v) is 5.70. The molecule has 26 heteroatoms. The van der Waals surface area contributed by atoms with Gasteiger partial charge in [0.1, 0.15) is 30.8 Å². The van der Waals surface area contributed by atoms with E-state index < -0.39 is 51.5 Å². The van der Waals surface area contributed by atoms with Crippen LogP contribution in [0, 0.1) is 20.2 Å². The molecule has 4 aromatic carbocycles. The van der Waals surface area contributed by atoms with Crippen molar-refractivity contribution in [3.05, 3.63) is 141 Å². The molecule has 0 fully saturated rings. The maximum absolute atomic E-state index is 11.6. The summed E-state index contributed by atoms with van der Waals surface area (Å²) in [6, 6.07) is 23.9. The van der Waals surface area contributed by atoms with Crippen molar-refractivity contribution >= 4 is 74.4 Å². The van der Waals surface area contributed by atoms with Crippen molar-refractivity contribution in [2.24, 2.45) is 5.73 Å². The van der Waals surface area contributed by atoms with Gasteiger partial charge in [-0.15, -0.1) is 0 Å². The zero-order valence-corrected chi connectivity index (χ0v) is 39.7. The number of non-ortho nitro benzene ring substituents is 2. The number of nitrogens with one attached hydrogen (secondary N) is 3. The van der Waals surface area contributed by atoms with Crippen LogP contribution in [0.3, 0.4) is 0 Å². The lowest BCUT2D eigenvalue weighted by Gasteiger charge is -2.14. The molecule has 73 heavy (non-hydrogen) atoms. The number of aliphatic hydroxyl groups is 1. The minimum atomic E-state index is -1.12. The van der Waals surface area contributed by atoms with Crippen molar-refractivity contribution in [3.8, 4) is 11.5 Å². The average molecular weight is 1050 g/mol. The Balaban J connectivity index is 0.000000477. The molecule has 0 aliphatic rings. The smallest absolute Gasteiger partial charge is 0.481 e. The van der Waals surface area contributed by atoms with Gasteiger partial charge >= 0.3 is 29.6 Å². The number of aromatic amines is 2. The number of para-hydroxylation sites is 2. The first-order valence-corrected chi connectivity index (χ1v) is 21.3. The van der Waals surface area contributed by atoms with E-state index in [1.165, 1.54) is 62.8 Å². The molecular formula is C47H57ClN6O19. The van der Waals surface area contributed by atoms with E-state index in [0.29, 0.717) is 6.61 Å². The molecule has 0 spiro atoms. The number of nitro groups is 2. The number of carbonyl (C=O) groups is 5. The first-order valence-electron chi connectivity index (χ1n) is 21.0. The number of carboxylic acids is 2. The molecule has 0 aliphatic heterocycles. The van der Waals surface area contributed by atoms with Gasteiger partial charge in [0, 0.05) is 104 Å². The first kappa shape index (κ1) is 62.8. The molecule has 0 saturated heterocycles. The Morgan fingerprint density at radius 2 is 1.16 bits per heavy atom. The third-order valence-electron chi connectivity index (χ3n) is 8.92. The fraction of sp³-hybridized carbons (Fsp3) is 0.298. The van der Waals surface area contributed by atoms with Gasteiger partial charge in [0.2, 0.25) is 0 Å². The number of benzene rings is 4. The van der Waals surface area contributed by atoms with Crippen LogP contribution in [0.5, 0.6) is 11.5 Å². The van der Waals surface area contributed by atoms with E-state index in [-0.39, 0.29) is 76.2 Å². The third kappa shape index (κ3) is 24.5. The van der Waals surface area contributed by atoms with Gasteiger partial charge in [-0.05, 0) is 47.5 Å². The summed E-state index contributed by atoms with van der Waals surface area (Å²) in [5.74, 6) is -1.65. The number of hydrogen-bond acceptors (Lipinski definition) is 18. The van der Waals surface area contributed by atoms with Gasteiger partial charge in [-0.25, -0.2) is 19.2 Å². The second-order valence-corrected chi connectivity index (χ2v) is 14.3.